The first kappa shape index (κ1) is 15.9. The number of hydrogen-bond donors (Lipinski definition) is 1. The molecular formula is C16H22N2O2S. The van der Waals surface area contributed by atoms with Crippen molar-refractivity contribution in [2.24, 2.45) is 0 Å². The lowest BCUT2D eigenvalue weighted by Crippen LogP contribution is -2.44. The lowest BCUT2D eigenvalue weighted by atomic mass is 9.94. The maximum atomic E-state index is 12.2. The molecule has 21 heavy (non-hydrogen) atoms. The summed E-state index contributed by atoms with van der Waals surface area (Å²) >= 11 is 1.60. The van der Waals surface area contributed by atoms with Gasteiger partial charge in [-0.25, -0.2) is 0 Å². The third-order valence-corrected chi connectivity index (χ3v) is 4.69. The Labute approximate surface area is 130 Å². The second-order valence-corrected chi connectivity index (χ2v) is 6.27. The van der Waals surface area contributed by atoms with Gasteiger partial charge in [0.05, 0.1) is 0 Å². The summed E-state index contributed by atoms with van der Waals surface area (Å²) in [6, 6.07) is 7.71. The Hall–Kier alpha value is -1.49. The second-order valence-electron chi connectivity index (χ2n) is 5.39. The number of amides is 2. The van der Waals surface area contributed by atoms with Crippen LogP contribution in [-0.4, -0.2) is 36.1 Å². The fraction of sp³-hybridized carbons (Fsp3) is 0.500. The van der Waals surface area contributed by atoms with Crippen LogP contribution in [0, 0.1) is 0 Å². The standard InChI is InChI=1S/C16H22N2O2S/c1-18(13-8-4-3-5-9-13)16(20)15(19)17-12-7-6-10-14(11-12)21-2/h6-7,10-11,13H,3-5,8-9H2,1-2H3,(H,17,19). The summed E-state index contributed by atoms with van der Waals surface area (Å²) in [6.45, 7) is 0. The zero-order valence-electron chi connectivity index (χ0n) is 12.6. The van der Waals surface area contributed by atoms with E-state index in [9.17, 15) is 9.59 Å². The van der Waals surface area contributed by atoms with Gasteiger partial charge < -0.3 is 10.2 Å². The molecule has 0 aliphatic heterocycles. The number of hydrogen-bond acceptors (Lipinski definition) is 3. The maximum Gasteiger partial charge on any atom is 0.313 e. The molecule has 0 spiro atoms. The SMILES string of the molecule is CSc1cccc(NC(=O)C(=O)N(C)C2CCCCC2)c1. The molecule has 1 fully saturated rings. The third-order valence-electron chi connectivity index (χ3n) is 3.96. The molecule has 4 nitrogen and oxygen atoms in total. The molecule has 2 rings (SSSR count). The molecule has 1 aliphatic rings. The van der Waals surface area contributed by atoms with E-state index in [0.29, 0.717) is 5.69 Å². The highest BCUT2D eigenvalue weighted by molar-refractivity contribution is 7.98. The summed E-state index contributed by atoms with van der Waals surface area (Å²) in [5.41, 5.74) is 0.664. The van der Waals surface area contributed by atoms with E-state index in [2.05, 4.69) is 5.32 Å². The van der Waals surface area contributed by atoms with Crippen molar-refractivity contribution in [2.45, 2.75) is 43.0 Å². The van der Waals surface area contributed by atoms with E-state index in [1.54, 1.807) is 29.8 Å². The van der Waals surface area contributed by atoms with Gasteiger partial charge in [-0.05, 0) is 37.3 Å². The predicted octanol–water partition coefficient (Wildman–Crippen LogP) is 3.14. The highest BCUT2D eigenvalue weighted by atomic mass is 32.2. The molecule has 0 bridgehead atoms. The molecule has 0 saturated heterocycles. The van der Waals surface area contributed by atoms with Gasteiger partial charge in [0.15, 0.2) is 0 Å². The van der Waals surface area contributed by atoms with Gasteiger partial charge in [0, 0.05) is 23.7 Å². The van der Waals surface area contributed by atoms with E-state index in [0.717, 1.165) is 30.6 Å². The predicted molar refractivity (Wildman–Crippen MR) is 86.5 cm³/mol. The number of benzene rings is 1. The molecule has 1 N–H and O–H groups in total. The van der Waals surface area contributed by atoms with Crippen LogP contribution in [0.25, 0.3) is 0 Å². The molecule has 0 heterocycles. The first-order valence-corrected chi connectivity index (χ1v) is 8.56. The van der Waals surface area contributed by atoms with Gasteiger partial charge in [0.25, 0.3) is 0 Å². The van der Waals surface area contributed by atoms with Crippen molar-refractivity contribution in [3.8, 4) is 0 Å². The van der Waals surface area contributed by atoms with Gasteiger partial charge in [-0.1, -0.05) is 25.3 Å². The number of thioether (sulfide) groups is 1. The van der Waals surface area contributed by atoms with Crippen LogP contribution in [0.4, 0.5) is 5.69 Å². The molecule has 0 atom stereocenters. The van der Waals surface area contributed by atoms with E-state index >= 15 is 0 Å². The fourth-order valence-electron chi connectivity index (χ4n) is 2.68. The van der Waals surface area contributed by atoms with Crippen molar-refractivity contribution in [3.05, 3.63) is 24.3 Å². The number of carbonyl (C=O) groups excluding carboxylic acids is 2. The molecular weight excluding hydrogens is 284 g/mol. The highest BCUT2D eigenvalue weighted by Gasteiger charge is 2.26. The monoisotopic (exact) mass is 306 g/mol. The van der Waals surface area contributed by atoms with Gasteiger partial charge in [-0.3, -0.25) is 9.59 Å². The lowest BCUT2D eigenvalue weighted by molar-refractivity contribution is -0.144. The number of nitrogens with zero attached hydrogens (tertiary/aromatic N) is 1. The van der Waals surface area contributed by atoms with Gasteiger partial charge in [0.2, 0.25) is 0 Å². The molecule has 0 unspecified atom stereocenters. The van der Waals surface area contributed by atoms with Crippen LogP contribution in [-0.2, 0) is 9.59 Å². The van der Waals surface area contributed by atoms with E-state index < -0.39 is 11.8 Å². The van der Waals surface area contributed by atoms with Crippen molar-refractivity contribution < 1.29 is 9.59 Å². The van der Waals surface area contributed by atoms with Gasteiger partial charge in [-0.2, -0.15) is 0 Å². The Morgan fingerprint density at radius 2 is 1.95 bits per heavy atom. The van der Waals surface area contributed by atoms with Crippen molar-refractivity contribution >= 4 is 29.3 Å². The van der Waals surface area contributed by atoms with Gasteiger partial charge >= 0.3 is 11.8 Å². The van der Waals surface area contributed by atoms with Crippen LogP contribution in [0.2, 0.25) is 0 Å². The van der Waals surface area contributed by atoms with Crippen molar-refractivity contribution in [1.29, 1.82) is 0 Å². The largest absolute Gasteiger partial charge is 0.335 e. The minimum atomic E-state index is -0.554. The van der Waals surface area contributed by atoms with Crippen molar-refractivity contribution in [3.63, 3.8) is 0 Å². The van der Waals surface area contributed by atoms with Crippen LogP contribution in [0.5, 0.6) is 0 Å². The van der Waals surface area contributed by atoms with Gasteiger partial charge in [0.1, 0.15) is 0 Å². The zero-order chi connectivity index (χ0) is 15.2. The maximum absolute atomic E-state index is 12.2. The number of nitrogens with one attached hydrogen (secondary N) is 1. The average molecular weight is 306 g/mol. The molecule has 1 aromatic carbocycles. The molecule has 2 amide bonds. The summed E-state index contributed by atoms with van der Waals surface area (Å²) in [5.74, 6) is -1.00. The molecule has 5 heteroatoms. The van der Waals surface area contributed by atoms with E-state index in [1.165, 1.54) is 6.42 Å². The Balaban J connectivity index is 1.96. The average Bonchev–Trinajstić information content (AvgIpc) is 2.54. The Bertz CT molecular complexity index is 513. The topological polar surface area (TPSA) is 49.4 Å². The van der Waals surface area contributed by atoms with Crippen LogP contribution in [0.1, 0.15) is 32.1 Å². The van der Waals surface area contributed by atoms with Crippen LogP contribution in [0.15, 0.2) is 29.2 Å². The summed E-state index contributed by atoms with van der Waals surface area (Å²) in [6.07, 6.45) is 7.48. The van der Waals surface area contributed by atoms with Crippen LogP contribution in [0.3, 0.4) is 0 Å². The van der Waals surface area contributed by atoms with Crippen molar-refractivity contribution in [1.82, 2.24) is 4.90 Å². The quantitative estimate of drug-likeness (QED) is 0.689. The van der Waals surface area contributed by atoms with Gasteiger partial charge in [-0.15, -0.1) is 11.8 Å². The number of likely N-dealkylation sites (N-methyl/N-ethyl adjacent to an activating group) is 1. The normalized spacial score (nSPS) is 15.5. The Morgan fingerprint density at radius 3 is 2.62 bits per heavy atom. The van der Waals surface area contributed by atoms with Crippen LogP contribution >= 0.6 is 11.8 Å². The summed E-state index contributed by atoms with van der Waals surface area (Å²) in [7, 11) is 1.73. The number of anilines is 1. The number of rotatable bonds is 3. The summed E-state index contributed by atoms with van der Waals surface area (Å²) in [4.78, 5) is 27.0. The Kier molecular flexibility index (Phi) is 5.67. The second kappa shape index (κ2) is 7.50. The summed E-state index contributed by atoms with van der Waals surface area (Å²) < 4.78 is 0. The minimum absolute atomic E-state index is 0.203. The number of carbonyl (C=O) groups is 2. The smallest absolute Gasteiger partial charge is 0.313 e. The van der Waals surface area contributed by atoms with E-state index in [4.69, 9.17) is 0 Å². The third kappa shape index (κ3) is 4.24. The fourth-order valence-corrected chi connectivity index (χ4v) is 3.14. The first-order chi connectivity index (χ1) is 10.1. The molecule has 1 saturated carbocycles. The molecule has 0 radical (unpaired) electrons. The minimum Gasteiger partial charge on any atom is -0.335 e. The molecule has 114 valence electrons. The van der Waals surface area contributed by atoms with E-state index in [1.807, 2.05) is 24.5 Å². The van der Waals surface area contributed by atoms with Crippen molar-refractivity contribution in [2.75, 3.05) is 18.6 Å². The lowest BCUT2D eigenvalue weighted by Gasteiger charge is -2.30. The van der Waals surface area contributed by atoms with Crippen LogP contribution < -0.4 is 5.32 Å². The van der Waals surface area contributed by atoms with E-state index in [-0.39, 0.29) is 6.04 Å². The summed E-state index contributed by atoms with van der Waals surface area (Å²) in [5, 5.41) is 2.69. The molecule has 0 aromatic heterocycles. The first-order valence-electron chi connectivity index (χ1n) is 7.34. The Morgan fingerprint density at radius 1 is 1.24 bits per heavy atom. The zero-order valence-corrected chi connectivity index (χ0v) is 13.4. The molecule has 1 aromatic rings. The molecule has 1 aliphatic carbocycles. The highest BCUT2D eigenvalue weighted by Crippen LogP contribution is 2.22.